The molecule has 0 aliphatic rings. The SMILES string of the molecule is CCCSc1nsc(NC(=O)CSC(C)C(C)O)n1. The molecule has 0 saturated carbocycles. The zero-order valence-electron chi connectivity index (χ0n) is 11.3. The average molecular weight is 321 g/mol. The molecule has 0 radical (unpaired) electrons. The van der Waals surface area contributed by atoms with Gasteiger partial charge in [-0.05, 0) is 13.3 Å². The molecule has 2 unspecified atom stereocenters. The summed E-state index contributed by atoms with van der Waals surface area (Å²) in [7, 11) is 0. The highest BCUT2D eigenvalue weighted by Crippen LogP contribution is 2.21. The van der Waals surface area contributed by atoms with Crippen LogP contribution >= 0.6 is 35.1 Å². The summed E-state index contributed by atoms with van der Waals surface area (Å²) in [5, 5.41) is 13.3. The maximum atomic E-state index is 11.7. The van der Waals surface area contributed by atoms with Crippen molar-refractivity contribution in [3.63, 3.8) is 0 Å². The molecule has 0 fully saturated rings. The molecule has 1 heterocycles. The number of nitrogens with zero attached hydrogens (tertiary/aromatic N) is 2. The number of aromatic nitrogens is 2. The number of thioether (sulfide) groups is 2. The Kier molecular flexibility index (Phi) is 7.74. The molecule has 2 N–H and O–H groups in total. The highest BCUT2D eigenvalue weighted by atomic mass is 32.2. The van der Waals surface area contributed by atoms with Crippen LogP contribution in [0.2, 0.25) is 0 Å². The van der Waals surface area contributed by atoms with Crippen molar-refractivity contribution in [2.75, 3.05) is 16.8 Å². The number of carbonyl (C=O) groups is 1. The fraction of sp³-hybridized carbons (Fsp3) is 0.727. The van der Waals surface area contributed by atoms with Gasteiger partial charge in [0, 0.05) is 22.5 Å². The minimum atomic E-state index is -0.420. The molecule has 2 atom stereocenters. The molecule has 19 heavy (non-hydrogen) atoms. The van der Waals surface area contributed by atoms with Crippen molar-refractivity contribution in [2.45, 2.75) is 43.7 Å². The van der Waals surface area contributed by atoms with Gasteiger partial charge in [-0.25, -0.2) is 0 Å². The van der Waals surface area contributed by atoms with Crippen LogP contribution in [0.3, 0.4) is 0 Å². The average Bonchev–Trinajstić information content (AvgIpc) is 2.80. The lowest BCUT2D eigenvalue weighted by Crippen LogP contribution is -2.20. The van der Waals surface area contributed by atoms with E-state index >= 15 is 0 Å². The van der Waals surface area contributed by atoms with Crippen LogP contribution in [0.15, 0.2) is 5.16 Å². The summed E-state index contributed by atoms with van der Waals surface area (Å²) < 4.78 is 4.16. The number of anilines is 1. The highest BCUT2D eigenvalue weighted by Gasteiger charge is 2.13. The van der Waals surface area contributed by atoms with E-state index in [1.165, 1.54) is 23.3 Å². The Bertz CT molecular complexity index is 398. The molecular weight excluding hydrogens is 302 g/mol. The number of hydrogen-bond donors (Lipinski definition) is 2. The second-order valence-electron chi connectivity index (χ2n) is 4.04. The van der Waals surface area contributed by atoms with Crippen LogP contribution in [0.5, 0.6) is 0 Å². The normalized spacial score (nSPS) is 14.1. The molecule has 0 bridgehead atoms. The third kappa shape index (κ3) is 6.60. The minimum absolute atomic E-state index is 0.0378. The van der Waals surface area contributed by atoms with Crippen molar-refractivity contribution < 1.29 is 9.90 Å². The zero-order chi connectivity index (χ0) is 14.3. The van der Waals surface area contributed by atoms with Crippen molar-refractivity contribution in [3.8, 4) is 0 Å². The lowest BCUT2D eigenvalue weighted by Gasteiger charge is -2.12. The number of aliphatic hydroxyl groups excluding tert-OH is 1. The first kappa shape index (κ1) is 16.7. The Labute approximate surface area is 126 Å². The van der Waals surface area contributed by atoms with Crippen LogP contribution in [0.25, 0.3) is 0 Å². The van der Waals surface area contributed by atoms with Crippen LogP contribution in [0, 0.1) is 0 Å². The monoisotopic (exact) mass is 321 g/mol. The number of aliphatic hydroxyl groups is 1. The van der Waals surface area contributed by atoms with E-state index < -0.39 is 6.10 Å². The Morgan fingerprint density at radius 1 is 1.53 bits per heavy atom. The second-order valence-corrected chi connectivity index (χ2v) is 7.21. The fourth-order valence-electron chi connectivity index (χ4n) is 1.01. The quantitative estimate of drug-likeness (QED) is 0.717. The summed E-state index contributed by atoms with van der Waals surface area (Å²) in [6.45, 7) is 5.72. The molecule has 0 aromatic carbocycles. The topological polar surface area (TPSA) is 75.1 Å². The van der Waals surface area contributed by atoms with Crippen LogP contribution in [-0.4, -0.2) is 43.2 Å². The highest BCUT2D eigenvalue weighted by molar-refractivity contribution is 8.00. The van der Waals surface area contributed by atoms with Gasteiger partial charge in [0.05, 0.1) is 11.9 Å². The summed E-state index contributed by atoms with van der Waals surface area (Å²) in [6, 6.07) is 0. The predicted molar refractivity (Wildman–Crippen MR) is 83.2 cm³/mol. The zero-order valence-corrected chi connectivity index (χ0v) is 13.7. The molecule has 0 aliphatic carbocycles. The summed E-state index contributed by atoms with van der Waals surface area (Å²) in [5.41, 5.74) is 0. The van der Waals surface area contributed by atoms with Crippen LogP contribution in [-0.2, 0) is 4.79 Å². The van der Waals surface area contributed by atoms with Gasteiger partial charge in [0.15, 0.2) is 0 Å². The second kappa shape index (κ2) is 8.78. The van der Waals surface area contributed by atoms with Crippen LogP contribution in [0.1, 0.15) is 27.2 Å². The molecular formula is C11H19N3O2S3. The standard InChI is InChI=1S/C11H19N3O2S3/c1-4-5-17-11-13-10(19-14-11)12-9(16)6-18-8(3)7(2)15/h7-8,15H,4-6H2,1-3H3,(H,12,13,14,16). The summed E-state index contributed by atoms with van der Waals surface area (Å²) >= 11 is 4.21. The third-order valence-corrected chi connectivity index (χ3v) is 5.39. The number of rotatable bonds is 8. The van der Waals surface area contributed by atoms with Crippen molar-refractivity contribution in [3.05, 3.63) is 0 Å². The predicted octanol–water partition coefficient (Wildman–Crippen LogP) is 2.48. The summed E-state index contributed by atoms with van der Waals surface area (Å²) in [4.78, 5) is 15.9. The molecule has 8 heteroatoms. The first-order chi connectivity index (χ1) is 9.02. The van der Waals surface area contributed by atoms with Gasteiger partial charge in [-0.3, -0.25) is 10.1 Å². The Hall–Kier alpha value is -0.310. The summed E-state index contributed by atoms with van der Waals surface area (Å²) in [6.07, 6.45) is 0.649. The van der Waals surface area contributed by atoms with Gasteiger partial charge in [-0.2, -0.15) is 9.36 Å². The van der Waals surface area contributed by atoms with E-state index in [0.717, 1.165) is 12.2 Å². The van der Waals surface area contributed by atoms with Crippen LogP contribution < -0.4 is 5.32 Å². The van der Waals surface area contributed by atoms with E-state index in [9.17, 15) is 9.90 Å². The summed E-state index contributed by atoms with van der Waals surface area (Å²) in [5.74, 6) is 1.18. The van der Waals surface area contributed by atoms with Crippen LogP contribution in [0.4, 0.5) is 5.13 Å². The number of carbonyl (C=O) groups excluding carboxylic acids is 1. The molecule has 0 aliphatic heterocycles. The van der Waals surface area contributed by atoms with E-state index in [2.05, 4.69) is 21.6 Å². The minimum Gasteiger partial charge on any atom is -0.392 e. The Morgan fingerprint density at radius 2 is 2.26 bits per heavy atom. The van der Waals surface area contributed by atoms with Crippen molar-refractivity contribution in [1.29, 1.82) is 0 Å². The van der Waals surface area contributed by atoms with Crippen molar-refractivity contribution in [2.24, 2.45) is 0 Å². The molecule has 1 amide bonds. The van der Waals surface area contributed by atoms with E-state index in [1.54, 1.807) is 18.7 Å². The third-order valence-electron chi connectivity index (χ3n) is 2.25. The van der Waals surface area contributed by atoms with Crippen molar-refractivity contribution in [1.82, 2.24) is 9.36 Å². The lowest BCUT2D eigenvalue weighted by molar-refractivity contribution is -0.113. The van der Waals surface area contributed by atoms with E-state index in [-0.39, 0.29) is 11.2 Å². The van der Waals surface area contributed by atoms with Gasteiger partial charge in [0.25, 0.3) is 0 Å². The van der Waals surface area contributed by atoms with Gasteiger partial charge >= 0.3 is 0 Å². The van der Waals surface area contributed by atoms with Gasteiger partial charge in [0.1, 0.15) is 0 Å². The van der Waals surface area contributed by atoms with E-state index in [4.69, 9.17) is 0 Å². The fourth-order valence-corrected chi connectivity index (χ4v) is 3.19. The van der Waals surface area contributed by atoms with Gasteiger partial charge in [0.2, 0.25) is 16.2 Å². The van der Waals surface area contributed by atoms with E-state index in [1.807, 2.05) is 6.92 Å². The first-order valence-electron chi connectivity index (χ1n) is 6.09. The molecule has 108 valence electrons. The molecule has 1 rings (SSSR count). The van der Waals surface area contributed by atoms with Gasteiger partial charge in [-0.1, -0.05) is 25.6 Å². The Morgan fingerprint density at radius 3 is 2.89 bits per heavy atom. The maximum Gasteiger partial charge on any atom is 0.236 e. The van der Waals surface area contributed by atoms with Gasteiger partial charge < -0.3 is 5.11 Å². The molecule has 5 nitrogen and oxygen atoms in total. The molecule has 0 spiro atoms. The number of amides is 1. The maximum absolute atomic E-state index is 11.7. The molecule has 1 aromatic rings. The van der Waals surface area contributed by atoms with Crippen molar-refractivity contribution >= 4 is 46.1 Å². The smallest absolute Gasteiger partial charge is 0.236 e. The molecule has 1 aromatic heterocycles. The van der Waals surface area contributed by atoms with E-state index in [0.29, 0.717) is 16.0 Å². The van der Waals surface area contributed by atoms with Gasteiger partial charge in [-0.15, -0.1) is 11.8 Å². The lowest BCUT2D eigenvalue weighted by atomic mass is 10.3. The molecule has 0 saturated heterocycles. The number of nitrogens with one attached hydrogen (secondary N) is 1. The first-order valence-corrected chi connectivity index (χ1v) is 8.89. The number of hydrogen-bond acceptors (Lipinski definition) is 7. The largest absolute Gasteiger partial charge is 0.392 e. The Balaban J connectivity index is 2.33.